The van der Waals surface area contributed by atoms with Crippen molar-refractivity contribution in [3.8, 4) is 0 Å². The van der Waals surface area contributed by atoms with E-state index in [1.807, 2.05) is 46.8 Å². The van der Waals surface area contributed by atoms with Crippen LogP contribution in [0.1, 0.15) is 77.8 Å². The molecule has 4 heterocycles. The molecule has 7 N–H and O–H groups in total. The van der Waals surface area contributed by atoms with Gasteiger partial charge < -0.3 is 30.9 Å². The van der Waals surface area contributed by atoms with Crippen molar-refractivity contribution >= 4 is 29.9 Å². The second kappa shape index (κ2) is 13.4. The van der Waals surface area contributed by atoms with Crippen molar-refractivity contribution in [2.24, 2.45) is 11.8 Å². The van der Waals surface area contributed by atoms with E-state index < -0.39 is 12.3 Å². The number of hydrogen-bond donors (Lipinski definition) is 7. The normalized spacial score (nSPS) is 27.8. The minimum Gasteiger partial charge on any atom is -0.481 e. The van der Waals surface area contributed by atoms with Crippen LogP contribution in [0.25, 0.3) is 12.2 Å². The second-order valence-electron chi connectivity index (χ2n) is 12.0. The first-order valence-electron chi connectivity index (χ1n) is 15.3. The van der Waals surface area contributed by atoms with Crippen molar-refractivity contribution in [2.45, 2.75) is 104 Å². The SMILES string of the molecule is CCC1=C(C)C(/C=c2/[nH]/c(=C\C3NC(/C=C4\NC(=O)[C@H](C)[C@H]4CC)C(C)=C3CCC(O)O)c(CCC(=O)O)c2C)NC1=O. The molecule has 0 bridgehead atoms. The van der Waals surface area contributed by atoms with Gasteiger partial charge in [0, 0.05) is 58.7 Å². The number of carbonyl (C=O) groups is 3. The molecule has 1 fully saturated rings. The highest BCUT2D eigenvalue weighted by molar-refractivity contribution is 5.98. The average molecular weight is 595 g/mol. The molecule has 4 rings (SSSR count). The van der Waals surface area contributed by atoms with Gasteiger partial charge in [-0.1, -0.05) is 26.3 Å². The van der Waals surface area contributed by atoms with Gasteiger partial charge in [-0.05, 0) is 87.0 Å². The Bertz CT molecular complexity index is 1500. The van der Waals surface area contributed by atoms with E-state index in [0.29, 0.717) is 19.3 Å². The molecule has 0 radical (unpaired) electrons. The van der Waals surface area contributed by atoms with Gasteiger partial charge >= 0.3 is 5.97 Å². The Morgan fingerprint density at radius 2 is 1.65 bits per heavy atom. The molecule has 0 spiro atoms. The molecule has 1 aromatic heterocycles. The molecule has 10 heteroatoms. The summed E-state index contributed by atoms with van der Waals surface area (Å²) in [5, 5.41) is 40.1. The van der Waals surface area contributed by atoms with Crippen LogP contribution >= 0.6 is 0 Å². The summed E-state index contributed by atoms with van der Waals surface area (Å²) in [6, 6.07) is -0.677. The molecule has 3 aliphatic heterocycles. The molecule has 234 valence electrons. The number of allylic oxidation sites excluding steroid dienone is 1. The molecule has 2 amide bonds. The van der Waals surface area contributed by atoms with Gasteiger partial charge in [-0.3, -0.25) is 19.7 Å². The first-order valence-corrected chi connectivity index (χ1v) is 15.3. The van der Waals surface area contributed by atoms with Gasteiger partial charge in [-0.25, -0.2) is 0 Å². The highest BCUT2D eigenvalue weighted by Gasteiger charge is 2.36. The Morgan fingerprint density at radius 1 is 0.953 bits per heavy atom. The maximum absolute atomic E-state index is 12.4. The van der Waals surface area contributed by atoms with Gasteiger partial charge in [0.15, 0.2) is 6.29 Å². The van der Waals surface area contributed by atoms with Gasteiger partial charge in [-0.15, -0.1) is 0 Å². The van der Waals surface area contributed by atoms with Crippen LogP contribution in [0.15, 0.2) is 34.1 Å². The summed E-state index contributed by atoms with van der Waals surface area (Å²) in [4.78, 5) is 39.9. The van der Waals surface area contributed by atoms with Crippen LogP contribution in [0.5, 0.6) is 0 Å². The quantitative estimate of drug-likeness (QED) is 0.151. The summed E-state index contributed by atoms with van der Waals surface area (Å²) >= 11 is 0. The number of rotatable bonds is 11. The Hall–Kier alpha value is -3.47. The summed E-state index contributed by atoms with van der Waals surface area (Å²) < 4.78 is 0. The van der Waals surface area contributed by atoms with Crippen LogP contribution in [0.3, 0.4) is 0 Å². The molecule has 1 saturated heterocycles. The largest absolute Gasteiger partial charge is 0.481 e. The van der Waals surface area contributed by atoms with E-state index in [0.717, 1.165) is 56.2 Å². The number of carbonyl (C=O) groups excluding carboxylic acids is 2. The van der Waals surface area contributed by atoms with Crippen LogP contribution in [-0.2, 0) is 20.8 Å². The van der Waals surface area contributed by atoms with E-state index in [2.05, 4.69) is 33.9 Å². The van der Waals surface area contributed by atoms with Crippen LogP contribution < -0.4 is 26.6 Å². The number of aliphatic carboxylic acids is 1. The summed E-state index contributed by atoms with van der Waals surface area (Å²) in [5.74, 6) is -0.913. The lowest BCUT2D eigenvalue weighted by atomic mass is 9.91. The molecular formula is C33H46N4O6. The summed E-state index contributed by atoms with van der Waals surface area (Å²) in [6.45, 7) is 11.9. The first kappa shape index (κ1) is 32.4. The maximum atomic E-state index is 12.4. The Kier molecular flexibility index (Phi) is 10.1. The standard InChI is InChI=1S/C33H46N4O6/c1-7-20-19(6)32(42)37-27(20)14-25-18(5)23(10-12-31(40)41)29(35-25)15-28-22(9-11-30(38)39)17(4)24(34-28)13-26-16(3)21(8-2)33(43)36-26/h13-15,19-20,25-26,29,31,34-35,40-41H,7-12H2,1-6H3,(H,36,43)(H,37,42)(H,38,39)/b24-13+,27-14-,28-15-/t19-,20-,25?,26?,29?/m1/s1. The summed E-state index contributed by atoms with van der Waals surface area (Å²) in [7, 11) is 0. The topological polar surface area (TPSA) is 164 Å². The Balaban J connectivity index is 1.78. The smallest absolute Gasteiger partial charge is 0.303 e. The first-order chi connectivity index (χ1) is 20.4. The monoisotopic (exact) mass is 594 g/mol. The average Bonchev–Trinajstić information content (AvgIpc) is 3.59. The maximum Gasteiger partial charge on any atom is 0.303 e. The van der Waals surface area contributed by atoms with Crippen molar-refractivity contribution < 1.29 is 29.7 Å². The predicted molar refractivity (Wildman–Crippen MR) is 165 cm³/mol. The highest BCUT2D eigenvalue weighted by atomic mass is 16.5. The van der Waals surface area contributed by atoms with Crippen molar-refractivity contribution in [1.29, 1.82) is 0 Å². The zero-order chi connectivity index (χ0) is 31.6. The Labute approximate surface area is 252 Å². The van der Waals surface area contributed by atoms with E-state index in [9.17, 15) is 29.7 Å². The van der Waals surface area contributed by atoms with Crippen LogP contribution in [0.4, 0.5) is 0 Å². The number of carboxylic acid groups (broad SMARTS) is 1. The molecule has 0 saturated carbocycles. The van der Waals surface area contributed by atoms with E-state index in [-0.39, 0.29) is 54.6 Å². The lowest BCUT2D eigenvalue weighted by molar-refractivity contribution is -0.137. The number of aromatic nitrogens is 1. The van der Waals surface area contributed by atoms with Gasteiger partial charge in [0.2, 0.25) is 11.8 Å². The molecule has 43 heavy (non-hydrogen) atoms. The van der Waals surface area contributed by atoms with E-state index >= 15 is 0 Å². The predicted octanol–water partition coefficient (Wildman–Crippen LogP) is 1.55. The minimum absolute atomic E-state index is 0.0211. The lowest BCUT2D eigenvalue weighted by Crippen LogP contribution is -2.33. The van der Waals surface area contributed by atoms with Crippen molar-refractivity contribution in [3.63, 3.8) is 0 Å². The number of aliphatic hydroxyl groups is 2. The van der Waals surface area contributed by atoms with Gasteiger partial charge in [-0.2, -0.15) is 0 Å². The third-order valence-electron chi connectivity index (χ3n) is 9.41. The van der Waals surface area contributed by atoms with Crippen LogP contribution in [0.2, 0.25) is 0 Å². The zero-order valence-electron chi connectivity index (χ0n) is 26.0. The summed E-state index contributed by atoms with van der Waals surface area (Å²) in [5.41, 5.74) is 6.57. The highest BCUT2D eigenvalue weighted by Crippen LogP contribution is 2.33. The van der Waals surface area contributed by atoms with Gasteiger partial charge in [0.1, 0.15) is 0 Å². The fourth-order valence-electron chi connectivity index (χ4n) is 6.73. The second-order valence-corrected chi connectivity index (χ2v) is 12.0. The number of aromatic amines is 1. The molecule has 0 aliphatic carbocycles. The molecule has 1 aromatic rings. The lowest BCUT2D eigenvalue weighted by Gasteiger charge is -2.16. The Morgan fingerprint density at radius 3 is 2.26 bits per heavy atom. The molecular weight excluding hydrogens is 548 g/mol. The van der Waals surface area contributed by atoms with Crippen LogP contribution in [0, 0.1) is 18.8 Å². The summed E-state index contributed by atoms with van der Waals surface area (Å²) in [6.07, 6.45) is 7.09. The van der Waals surface area contributed by atoms with Crippen molar-refractivity contribution in [1.82, 2.24) is 20.9 Å². The van der Waals surface area contributed by atoms with Gasteiger partial charge in [0.25, 0.3) is 0 Å². The third-order valence-corrected chi connectivity index (χ3v) is 9.41. The number of hydrogen-bond acceptors (Lipinski definition) is 6. The molecule has 10 nitrogen and oxygen atoms in total. The van der Waals surface area contributed by atoms with Gasteiger partial charge in [0.05, 0.1) is 6.04 Å². The fourth-order valence-corrected chi connectivity index (χ4v) is 6.73. The van der Waals surface area contributed by atoms with E-state index in [1.165, 1.54) is 0 Å². The van der Waals surface area contributed by atoms with E-state index in [4.69, 9.17) is 0 Å². The molecule has 5 atom stereocenters. The molecule has 0 aromatic carbocycles. The number of carboxylic acids is 1. The van der Waals surface area contributed by atoms with Crippen LogP contribution in [-0.4, -0.2) is 62.5 Å². The number of amides is 2. The van der Waals surface area contributed by atoms with Crippen molar-refractivity contribution in [3.05, 3.63) is 55.9 Å². The third kappa shape index (κ3) is 6.87. The van der Waals surface area contributed by atoms with E-state index in [1.54, 1.807) is 0 Å². The molecule has 3 aliphatic rings. The minimum atomic E-state index is -1.44. The number of nitrogens with one attached hydrogen (secondary N) is 4. The zero-order valence-corrected chi connectivity index (χ0v) is 26.0. The molecule has 3 unspecified atom stereocenters. The number of H-pyrrole nitrogens is 1. The van der Waals surface area contributed by atoms with Crippen molar-refractivity contribution in [2.75, 3.05) is 0 Å². The number of aliphatic hydroxyl groups excluding tert-OH is 1. The fraction of sp³-hybridized carbons (Fsp3) is 0.545.